The van der Waals surface area contributed by atoms with E-state index in [0.29, 0.717) is 23.4 Å². The van der Waals surface area contributed by atoms with Gasteiger partial charge in [-0.05, 0) is 35.9 Å². The Morgan fingerprint density at radius 2 is 1.96 bits per heavy atom. The molecule has 3 aromatic rings. The van der Waals surface area contributed by atoms with Gasteiger partial charge >= 0.3 is 6.61 Å². The van der Waals surface area contributed by atoms with Crippen molar-refractivity contribution in [3.8, 4) is 22.8 Å². The molecule has 1 aromatic carbocycles. The molecule has 0 aliphatic heterocycles. The van der Waals surface area contributed by atoms with E-state index >= 15 is 0 Å². The zero-order valence-corrected chi connectivity index (χ0v) is 13.5. The normalized spacial score (nSPS) is 10.7. The van der Waals surface area contributed by atoms with Crippen LogP contribution in [0.5, 0.6) is 11.5 Å². The molecule has 2 heterocycles. The van der Waals surface area contributed by atoms with Gasteiger partial charge in [-0.1, -0.05) is 18.2 Å². The molecule has 0 saturated heterocycles. The predicted molar refractivity (Wildman–Crippen MR) is 89.9 cm³/mol. The molecule has 3 rings (SSSR count). The van der Waals surface area contributed by atoms with Crippen LogP contribution in [0.3, 0.4) is 0 Å². The van der Waals surface area contributed by atoms with Gasteiger partial charge in [-0.2, -0.15) is 8.78 Å². The second kappa shape index (κ2) is 7.70. The van der Waals surface area contributed by atoms with Gasteiger partial charge in [0.2, 0.25) is 0 Å². The maximum absolute atomic E-state index is 12.7. The first-order valence-electron chi connectivity index (χ1n) is 7.64. The molecule has 25 heavy (non-hydrogen) atoms. The summed E-state index contributed by atoms with van der Waals surface area (Å²) in [5, 5.41) is 0. The Morgan fingerprint density at radius 1 is 1.08 bits per heavy atom. The quantitative estimate of drug-likeness (QED) is 0.668. The molecule has 0 aliphatic carbocycles. The fourth-order valence-corrected chi connectivity index (χ4v) is 2.47. The maximum atomic E-state index is 12.7. The first-order chi connectivity index (χ1) is 12.2. The van der Waals surface area contributed by atoms with Gasteiger partial charge < -0.3 is 9.47 Å². The minimum absolute atomic E-state index is 0.0261. The predicted octanol–water partition coefficient (Wildman–Crippen LogP) is 4.34. The molecule has 2 aromatic heterocycles. The molecule has 4 nitrogen and oxygen atoms in total. The zero-order valence-electron chi connectivity index (χ0n) is 13.5. The molecule has 0 saturated carbocycles. The fraction of sp³-hybridized carbons (Fsp3) is 0.158. The topological polar surface area (TPSA) is 44.2 Å². The van der Waals surface area contributed by atoms with Gasteiger partial charge in [0.15, 0.2) is 5.75 Å². The van der Waals surface area contributed by atoms with Gasteiger partial charge in [-0.3, -0.25) is 4.98 Å². The van der Waals surface area contributed by atoms with Gasteiger partial charge in [0.1, 0.15) is 11.4 Å². The minimum atomic E-state index is -2.92. The van der Waals surface area contributed by atoms with Crippen LogP contribution in [0.4, 0.5) is 8.78 Å². The Balaban J connectivity index is 2.00. The highest BCUT2D eigenvalue weighted by molar-refractivity contribution is 5.68. The third-order valence-corrected chi connectivity index (χ3v) is 3.58. The standard InChI is InChI=1S/C19H16F2N2O2/c1-24-16-6-2-5-14(11-16)18-17(25-19(20)21)8-7-15(23-18)10-13-4-3-9-22-12-13/h2-9,11-12,19H,10H2,1H3. The number of ether oxygens (including phenoxy) is 2. The monoisotopic (exact) mass is 342 g/mol. The smallest absolute Gasteiger partial charge is 0.387 e. The molecule has 0 aliphatic rings. The number of hydrogen-bond donors (Lipinski definition) is 0. The average molecular weight is 342 g/mol. The number of halogens is 2. The summed E-state index contributed by atoms with van der Waals surface area (Å²) in [5.41, 5.74) is 2.70. The Hall–Kier alpha value is -3.02. The summed E-state index contributed by atoms with van der Waals surface area (Å²) in [5.74, 6) is 0.637. The first-order valence-corrected chi connectivity index (χ1v) is 7.64. The summed E-state index contributed by atoms with van der Waals surface area (Å²) in [6, 6.07) is 14.0. The number of methoxy groups -OCH3 is 1. The summed E-state index contributed by atoms with van der Waals surface area (Å²) < 4.78 is 35.3. The lowest BCUT2D eigenvalue weighted by molar-refractivity contribution is -0.0496. The van der Waals surface area contributed by atoms with Gasteiger partial charge in [-0.15, -0.1) is 0 Å². The Kier molecular flexibility index (Phi) is 5.18. The largest absolute Gasteiger partial charge is 0.497 e. The number of rotatable bonds is 6. The SMILES string of the molecule is COc1cccc(-c2nc(Cc3cccnc3)ccc2OC(F)F)c1. The number of aromatic nitrogens is 2. The summed E-state index contributed by atoms with van der Waals surface area (Å²) in [7, 11) is 1.54. The third-order valence-electron chi connectivity index (χ3n) is 3.58. The van der Waals surface area contributed by atoms with E-state index in [1.807, 2.05) is 12.1 Å². The summed E-state index contributed by atoms with van der Waals surface area (Å²) in [4.78, 5) is 8.60. The molecule has 128 valence electrons. The fourth-order valence-electron chi connectivity index (χ4n) is 2.47. The van der Waals surface area contributed by atoms with Crippen molar-refractivity contribution in [2.75, 3.05) is 7.11 Å². The Bertz CT molecular complexity index is 842. The highest BCUT2D eigenvalue weighted by atomic mass is 19.3. The average Bonchev–Trinajstić information content (AvgIpc) is 2.63. The number of pyridine rings is 2. The van der Waals surface area contributed by atoms with Gasteiger partial charge in [0, 0.05) is 30.1 Å². The van der Waals surface area contributed by atoms with E-state index in [-0.39, 0.29) is 5.75 Å². The van der Waals surface area contributed by atoms with Crippen LogP contribution < -0.4 is 9.47 Å². The van der Waals surface area contributed by atoms with Crippen molar-refractivity contribution in [3.05, 3.63) is 72.2 Å². The van der Waals surface area contributed by atoms with Crippen molar-refractivity contribution in [3.63, 3.8) is 0 Å². The lowest BCUT2D eigenvalue weighted by Crippen LogP contribution is -2.05. The van der Waals surface area contributed by atoms with E-state index in [4.69, 9.17) is 4.74 Å². The molecule has 0 amide bonds. The number of hydrogen-bond acceptors (Lipinski definition) is 4. The van der Waals surface area contributed by atoms with Crippen LogP contribution in [-0.2, 0) is 6.42 Å². The van der Waals surface area contributed by atoms with E-state index in [1.54, 1.807) is 49.8 Å². The highest BCUT2D eigenvalue weighted by Gasteiger charge is 2.14. The molecule has 0 bridgehead atoms. The van der Waals surface area contributed by atoms with Crippen molar-refractivity contribution in [1.29, 1.82) is 0 Å². The van der Waals surface area contributed by atoms with Crippen LogP contribution in [0.25, 0.3) is 11.3 Å². The Labute approximate surface area is 144 Å². The van der Waals surface area contributed by atoms with Crippen molar-refractivity contribution in [1.82, 2.24) is 9.97 Å². The minimum Gasteiger partial charge on any atom is -0.497 e. The molecule has 6 heteroatoms. The van der Waals surface area contributed by atoms with Gasteiger partial charge in [0.05, 0.1) is 7.11 Å². The molecule has 0 N–H and O–H groups in total. The number of alkyl halides is 2. The van der Waals surface area contributed by atoms with E-state index in [1.165, 1.54) is 6.07 Å². The number of nitrogens with zero attached hydrogens (tertiary/aromatic N) is 2. The van der Waals surface area contributed by atoms with Crippen LogP contribution in [-0.4, -0.2) is 23.7 Å². The maximum Gasteiger partial charge on any atom is 0.387 e. The summed E-state index contributed by atoms with van der Waals surface area (Å²) in [6.07, 6.45) is 3.98. The van der Waals surface area contributed by atoms with E-state index in [0.717, 1.165) is 11.3 Å². The Morgan fingerprint density at radius 3 is 2.68 bits per heavy atom. The molecular weight excluding hydrogens is 326 g/mol. The second-order valence-corrected chi connectivity index (χ2v) is 5.30. The molecule has 0 fully saturated rings. The van der Waals surface area contributed by atoms with Crippen LogP contribution >= 0.6 is 0 Å². The zero-order chi connectivity index (χ0) is 17.6. The lowest BCUT2D eigenvalue weighted by atomic mass is 10.1. The van der Waals surface area contributed by atoms with Crippen LogP contribution in [0, 0.1) is 0 Å². The van der Waals surface area contributed by atoms with E-state index < -0.39 is 6.61 Å². The van der Waals surface area contributed by atoms with Gasteiger partial charge in [0.25, 0.3) is 0 Å². The summed E-state index contributed by atoms with van der Waals surface area (Å²) in [6.45, 7) is -2.92. The third kappa shape index (κ3) is 4.29. The molecule has 0 unspecified atom stereocenters. The number of benzene rings is 1. The molecule has 0 atom stereocenters. The highest BCUT2D eigenvalue weighted by Crippen LogP contribution is 2.32. The second-order valence-electron chi connectivity index (χ2n) is 5.30. The van der Waals surface area contributed by atoms with Crippen LogP contribution in [0.2, 0.25) is 0 Å². The van der Waals surface area contributed by atoms with Crippen molar-refractivity contribution >= 4 is 0 Å². The summed E-state index contributed by atoms with van der Waals surface area (Å²) >= 11 is 0. The molecule has 0 radical (unpaired) electrons. The van der Waals surface area contributed by atoms with Crippen molar-refractivity contribution < 1.29 is 18.3 Å². The first kappa shape index (κ1) is 16.8. The van der Waals surface area contributed by atoms with E-state index in [9.17, 15) is 8.78 Å². The van der Waals surface area contributed by atoms with Crippen LogP contribution in [0.1, 0.15) is 11.3 Å². The van der Waals surface area contributed by atoms with Crippen molar-refractivity contribution in [2.45, 2.75) is 13.0 Å². The lowest BCUT2D eigenvalue weighted by Gasteiger charge is -2.12. The van der Waals surface area contributed by atoms with Crippen LogP contribution in [0.15, 0.2) is 60.9 Å². The molecule has 0 spiro atoms. The molecular formula is C19H16F2N2O2. The van der Waals surface area contributed by atoms with E-state index in [2.05, 4.69) is 14.7 Å². The van der Waals surface area contributed by atoms with Gasteiger partial charge in [-0.25, -0.2) is 4.98 Å². The van der Waals surface area contributed by atoms with Crippen molar-refractivity contribution in [2.24, 2.45) is 0 Å².